The van der Waals surface area contributed by atoms with Gasteiger partial charge in [0.05, 0.1) is 29.3 Å². The lowest BCUT2D eigenvalue weighted by atomic mass is 9.80. The summed E-state index contributed by atoms with van der Waals surface area (Å²) in [5.74, 6) is 2.00. The Balaban J connectivity index is 0.000000156. The highest BCUT2D eigenvalue weighted by Crippen LogP contribution is 2.54. The average Bonchev–Trinajstić information content (AvgIpc) is 3.21. The highest BCUT2D eigenvalue weighted by atomic mass is 19.1. The fourth-order valence-electron chi connectivity index (χ4n) is 9.71. The number of allylic oxidation sites excluding steroid dienone is 2. The molecule has 0 bridgehead atoms. The van der Waals surface area contributed by atoms with E-state index in [0.717, 1.165) is 72.9 Å². The first-order valence-electron chi connectivity index (χ1n) is 20.8. The van der Waals surface area contributed by atoms with Crippen LogP contribution in [-0.4, -0.2) is 23.3 Å². The molecule has 4 aliphatic heterocycles. The fraction of sp³-hybridized carbons (Fsp3) is 0.245. The maximum Gasteiger partial charge on any atom is 0.131 e. The Morgan fingerprint density at radius 1 is 0.574 bits per heavy atom. The molecule has 6 nitrogen and oxygen atoms in total. The summed E-state index contributed by atoms with van der Waals surface area (Å²) in [6.07, 6.45) is 5.31. The Morgan fingerprint density at radius 3 is 1.49 bits per heavy atom. The number of aromatic hydroxyl groups is 1. The van der Waals surface area contributed by atoms with E-state index < -0.39 is 0 Å². The molecule has 2 unspecified atom stereocenters. The molecule has 0 saturated heterocycles. The number of fused-ring (bicyclic) bond motifs is 10. The molecule has 0 radical (unpaired) electrons. The van der Waals surface area contributed by atoms with Crippen LogP contribution in [0.4, 0.5) is 20.2 Å². The molecule has 2 atom stereocenters. The molecule has 0 amide bonds. The van der Waals surface area contributed by atoms with E-state index in [9.17, 15) is 13.9 Å². The van der Waals surface area contributed by atoms with Gasteiger partial charge >= 0.3 is 0 Å². The van der Waals surface area contributed by atoms with Gasteiger partial charge in [-0.25, -0.2) is 8.78 Å². The summed E-state index contributed by atoms with van der Waals surface area (Å²) in [7, 11) is 1.69. The molecule has 0 aliphatic carbocycles. The van der Waals surface area contributed by atoms with Crippen molar-refractivity contribution in [3.05, 3.63) is 166 Å². The minimum absolute atomic E-state index is 0.122. The monoisotopic (exact) mass is 815 g/mol. The van der Waals surface area contributed by atoms with Crippen LogP contribution in [0.1, 0.15) is 87.1 Å². The second-order valence-corrected chi connectivity index (χ2v) is 17.6. The topological polar surface area (TPSA) is 72.0 Å². The number of methoxy groups -OCH3 is 1. The van der Waals surface area contributed by atoms with Gasteiger partial charge in [0.25, 0.3) is 0 Å². The Kier molecular flexibility index (Phi) is 9.93. The normalized spacial score (nSPS) is 18.1. The van der Waals surface area contributed by atoms with Gasteiger partial charge in [-0.1, -0.05) is 60.7 Å². The number of phenols is 1. The zero-order chi connectivity index (χ0) is 42.8. The Morgan fingerprint density at radius 2 is 1.02 bits per heavy atom. The molecule has 4 heterocycles. The van der Waals surface area contributed by atoms with E-state index in [0.29, 0.717) is 18.6 Å². The van der Waals surface area contributed by atoms with Gasteiger partial charge < -0.3 is 30.0 Å². The van der Waals surface area contributed by atoms with Crippen LogP contribution < -0.4 is 24.8 Å². The van der Waals surface area contributed by atoms with Crippen molar-refractivity contribution in [1.82, 2.24) is 0 Å². The molecule has 6 aromatic rings. The van der Waals surface area contributed by atoms with Crippen molar-refractivity contribution in [1.29, 1.82) is 0 Å². The molecule has 4 aliphatic rings. The molecule has 6 aromatic carbocycles. The van der Waals surface area contributed by atoms with Gasteiger partial charge in [-0.2, -0.15) is 0 Å². The molecule has 10 rings (SSSR count). The average molecular weight is 816 g/mol. The summed E-state index contributed by atoms with van der Waals surface area (Å²) in [5, 5.41) is 17.9. The zero-order valence-electron chi connectivity index (χ0n) is 35.5. The van der Waals surface area contributed by atoms with E-state index in [2.05, 4.69) is 88.6 Å². The number of ether oxygens (including phenoxy) is 3. The molecule has 3 N–H and O–H groups in total. The minimum atomic E-state index is -0.249. The summed E-state index contributed by atoms with van der Waals surface area (Å²) in [6.45, 7) is 12.9. The van der Waals surface area contributed by atoms with Crippen molar-refractivity contribution < 1.29 is 28.1 Å². The number of rotatable bonds is 5. The van der Waals surface area contributed by atoms with Gasteiger partial charge in [-0.3, -0.25) is 0 Å². The van der Waals surface area contributed by atoms with Crippen LogP contribution >= 0.6 is 0 Å². The van der Waals surface area contributed by atoms with Crippen molar-refractivity contribution in [3.8, 4) is 45.3 Å². The van der Waals surface area contributed by atoms with Gasteiger partial charge in [0.2, 0.25) is 0 Å². The number of halogens is 2. The van der Waals surface area contributed by atoms with E-state index in [1.165, 1.54) is 41.0 Å². The number of phenolic OH excluding ortho intramolecular Hbond substituents is 1. The highest BCUT2D eigenvalue weighted by Gasteiger charge is 2.37. The van der Waals surface area contributed by atoms with Crippen molar-refractivity contribution in [2.24, 2.45) is 0 Å². The van der Waals surface area contributed by atoms with E-state index >= 15 is 0 Å². The van der Waals surface area contributed by atoms with Crippen LogP contribution in [0.15, 0.2) is 121 Å². The molecule has 61 heavy (non-hydrogen) atoms. The number of nitrogens with one attached hydrogen (secondary N) is 2. The van der Waals surface area contributed by atoms with E-state index in [-0.39, 0.29) is 40.7 Å². The summed E-state index contributed by atoms with van der Waals surface area (Å²) in [6, 6.07) is 33.0. The maximum atomic E-state index is 13.5. The molecule has 0 fully saturated rings. The number of hydrogen-bond acceptors (Lipinski definition) is 6. The molecule has 8 heteroatoms. The number of benzene rings is 6. The van der Waals surface area contributed by atoms with Crippen molar-refractivity contribution in [2.45, 2.75) is 77.7 Å². The lowest BCUT2D eigenvalue weighted by Gasteiger charge is -2.37. The number of anilines is 2. The third-order valence-corrected chi connectivity index (χ3v) is 12.0. The van der Waals surface area contributed by atoms with Crippen molar-refractivity contribution in [2.75, 3.05) is 17.7 Å². The third kappa shape index (κ3) is 7.49. The van der Waals surface area contributed by atoms with Crippen LogP contribution in [0.5, 0.6) is 23.0 Å². The molecule has 0 spiro atoms. The van der Waals surface area contributed by atoms with Gasteiger partial charge in [0.1, 0.15) is 46.8 Å². The van der Waals surface area contributed by atoms with E-state index in [4.69, 9.17) is 14.2 Å². The fourth-order valence-corrected chi connectivity index (χ4v) is 9.71. The predicted octanol–water partition coefficient (Wildman–Crippen LogP) is 13.3. The minimum Gasteiger partial charge on any atom is -0.507 e. The van der Waals surface area contributed by atoms with Crippen LogP contribution in [-0.2, 0) is 12.8 Å². The smallest absolute Gasteiger partial charge is 0.131 e. The quantitative estimate of drug-likeness (QED) is 0.161. The SMILES string of the molecule is CC1=CC(C)(C)Nc2ccc3c(c21)C(Cc1ccc(F)cc1)Oc1cccc(O)c1-3.CC1=CC(C)(C)Nc2ccc3c(c21)C(Cc1ccc(F)cc1)Oc1cccc(O[11CH3])c1-3. The van der Waals surface area contributed by atoms with Gasteiger partial charge in [0, 0.05) is 46.5 Å². The first kappa shape index (κ1) is 39.9. The lowest BCUT2D eigenvalue weighted by Crippen LogP contribution is -2.32. The molecular formula is C53H50F2N2O4. The van der Waals surface area contributed by atoms with Gasteiger partial charge in [0.15, 0.2) is 0 Å². The summed E-state index contributed by atoms with van der Waals surface area (Å²) >= 11 is 0. The van der Waals surface area contributed by atoms with Crippen molar-refractivity contribution in [3.63, 3.8) is 0 Å². The summed E-state index contributed by atoms with van der Waals surface area (Å²) < 4.78 is 45.6. The van der Waals surface area contributed by atoms with Gasteiger partial charge in [-0.05, 0) is 136 Å². The summed E-state index contributed by atoms with van der Waals surface area (Å²) in [5.41, 5.74) is 14.7. The predicted molar refractivity (Wildman–Crippen MR) is 242 cm³/mol. The number of hydrogen-bond donors (Lipinski definition) is 3. The van der Waals surface area contributed by atoms with Crippen molar-refractivity contribution >= 4 is 22.5 Å². The Bertz CT molecular complexity index is 2750. The van der Waals surface area contributed by atoms with Crippen LogP contribution in [0.3, 0.4) is 0 Å². The molecule has 310 valence electrons. The Labute approximate surface area is 356 Å². The molecule has 0 saturated carbocycles. The Hall–Kier alpha value is -6.54. The lowest BCUT2D eigenvalue weighted by molar-refractivity contribution is 0.201. The first-order chi connectivity index (χ1) is 29.2. The first-order valence-corrected chi connectivity index (χ1v) is 20.8. The van der Waals surface area contributed by atoms with Crippen LogP contribution in [0, 0.1) is 11.6 Å². The second kappa shape index (κ2) is 15.2. The summed E-state index contributed by atoms with van der Waals surface area (Å²) in [4.78, 5) is 0. The third-order valence-electron chi connectivity index (χ3n) is 12.0. The van der Waals surface area contributed by atoms with Gasteiger partial charge in [-0.15, -0.1) is 0 Å². The van der Waals surface area contributed by atoms with E-state index in [1.54, 1.807) is 31.4 Å². The van der Waals surface area contributed by atoms with E-state index in [1.807, 2.05) is 36.4 Å². The van der Waals surface area contributed by atoms with Crippen LogP contribution in [0.2, 0.25) is 0 Å². The zero-order valence-corrected chi connectivity index (χ0v) is 35.5. The maximum absolute atomic E-state index is 13.5. The standard InChI is InChI=1S/C27H26FNO2.C26H24FNO2/c1-16-15-27(2,3)29-20-13-12-19-25-21(30-4)6-5-7-22(25)31-23(26(19)24(16)20)14-17-8-10-18(28)11-9-17;1-15-14-26(2,3)28-19-12-11-18-24-20(29)5-4-6-21(24)30-22(25(18)23(15)19)13-16-7-9-17(27)10-8-16/h5-13,15,23,29H,14H2,1-4H3;4-12,14,22,28-29H,13H2,1-3H3/i4-1;. The second-order valence-electron chi connectivity index (χ2n) is 17.6. The molecule has 0 aromatic heterocycles. The molecular weight excluding hydrogens is 766 g/mol. The van der Waals surface area contributed by atoms with Crippen LogP contribution in [0.25, 0.3) is 33.4 Å². The largest absolute Gasteiger partial charge is 0.507 e. The highest BCUT2D eigenvalue weighted by molar-refractivity contribution is 5.93.